The van der Waals surface area contributed by atoms with E-state index in [-0.39, 0.29) is 24.0 Å². The molecular weight excluding hydrogens is 407 g/mol. The van der Waals surface area contributed by atoms with Crippen molar-refractivity contribution >= 4 is 41.7 Å². The maximum atomic E-state index is 4.37. The largest absolute Gasteiger partial charge is 0.355 e. The van der Waals surface area contributed by atoms with Crippen molar-refractivity contribution < 1.29 is 0 Å². The van der Waals surface area contributed by atoms with Crippen LogP contribution in [0.2, 0.25) is 0 Å². The lowest BCUT2D eigenvalue weighted by molar-refractivity contribution is 0.163. The molecule has 6 heteroatoms. The van der Waals surface area contributed by atoms with Crippen LogP contribution in [0.3, 0.4) is 0 Å². The smallest absolute Gasteiger partial charge is 0.191 e. The van der Waals surface area contributed by atoms with E-state index in [9.17, 15) is 0 Å². The van der Waals surface area contributed by atoms with Crippen LogP contribution in [-0.4, -0.2) is 61.1 Å². The van der Waals surface area contributed by atoms with E-state index in [0.717, 1.165) is 30.3 Å². The van der Waals surface area contributed by atoms with Gasteiger partial charge in [-0.2, -0.15) is 11.8 Å². The Morgan fingerprint density at radius 3 is 2.73 bits per heavy atom. The Morgan fingerprint density at radius 1 is 1.27 bits per heavy atom. The first-order chi connectivity index (χ1) is 10.2. The Kier molecular flexibility index (Phi) is 10.1. The average molecular weight is 440 g/mol. The van der Waals surface area contributed by atoms with Gasteiger partial charge in [-0.25, -0.2) is 0 Å². The van der Waals surface area contributed by atoms with E-state index in [1.54, 1.807) is 0 Å². The number of hydrogen-bond donors (Lipinski definition) is 2. The summed E-state index contributed by atoms with van der Waals surface area (Å²) in [5, 5.41) is 7.90. The van der Waals surface area contributed by atoms with E-state index in [0.29, 0.717) is 6.04 Å². The molecule has 2 fully saturated rings. The van der Waals surface area contributed by atoms with Crippen LogP contribution in [0.25, 0.3) is 0 Å². The van der Waals surface area contributed by atoms with Crippen LogP contribution in [0.1, 0.15) is 45.4 Å². The molecule has 22 heavy (non-hydrogen) atoms. The average Bonchev–Trinajstić information content (AvgIpc) is 2.96. The zero-order valence-electron chi connectivity index (χ0n) is 14.3. The minimum absolute atomic E-state index is 0. The van der Waals surface area contributed by atoms with Gasteiger partial charge in [-0.05, 0) is 51.8 Å². The fourth-order valence-electron chi connectivity index (χ4n) is 3.48. The minimum atomic E-state index is 0. The predicted octanol–water partition coefficient (Wildman–Crippen LogP) is 2.93. The number of nitrogens with one attached hydrogen (secondary N) is 2. The number of likely N-dealkylation sites (tertiary alicyclic amines) is 1. The van der Waals surface area contributed by atoms with Crippen molar-refractivity contribution in [1.82, 2.24) is 15.5 Å². The Bertz CT molecular complexity index is 340. The van der Waals surface area contributed by atoms with Crippen molar-refractivity contribution in [2.24, 2.45) is 4.99 Å². The highest BCUT2D eigenvalue weighted by Gasteiger charge is 2.24. The van der Waals surface area contributed by atoms with Gasteiger partial charge in [-0.15, -0.1) is 24.0 Å². The normalized spacial score (nSPS) is 30.0. The second kappa shape index (κ2) is 11.0. The summed E-state index contributed by atoms with van der Waals surface area (Å²) in [7, 11) is 1.87. The first-order valence-corrected chi connectivity index (χ1v) is 9.75. The number of piperidine rings is 1. The van der Waals surface area contributed by atoms with Gasteiger partial charge in [0.15, 0.2) is 5.96 Å². The Labute approximate surface area is 157 Å². The van der Waals surface area contributed by atoms with Crippen LogP contribution in [0, 0.1) is 0 Å². The number of thioether (sulfide) groups is 1. The number of guanidine groups is 1. The van der Waals surface area contributed by atoms with Gasteiger partial charge in [-0.3, -0.25) is 9.89 Å². The first kappa shape index (κ1) is 20.4. The molecule has 0 aromatic rings. The number of hydrogen-bond acceptors (Lipinski definition) is 3. The third kappa shape index (κ3) is 6.43. The SMILES string of the molecule is CN=C(NCCN1CCCCC1C)NC1CCC(SC)C1.I. The maximum Gasteiger partial charge on any atom is 0.191 e. The summed E-state index contributed by atoms with van der Waals surface area (Å²) in [6.07, 6.45) is 10.2. The molecule has 2 N–H and O–H groups in total. The van der Waals surface area contributed by atoms with Gasteiger partial charge in [0.2, 0.25) is 0 Å². The number of halogens is 1. The van der Waals surface area contributed by atoms with Gasteiger partial charge < -0.3 is 10.6 Å². The molecule has 1 heterocycles. The quantitative estimate of drug-likeness (QED) is 0.392. The van der Waals surface area contributed by atoms with Crippen molar-refractivity contribution in [1.29, 1.82) is 0 Å². The predicted molar refractivity (Wildman–Crippen MR) is 110 cm³/mol. The third-order valence-electron chi connectivity index (χ3n) is 4.91. The molecule has 4 nitrogen and oxygen atoms in total. The molecule has 0 aromatic carbocycles. The Morgan fingerprint density at radius 2 is 2.09 bits per heavy atom. The maximum absolute atomic E-state index is 4.37. The van der Waals surface area contributed by atoms with Gasteiger partial charge in [-0.1, -0.05) is 6.42 Å². The molecule has 0 amide bonds. The molecule has 1 aliphatic carbocycles. The summed E-state index contributed by atoms with van der Waals surface area (Å²) in [5.41, 5.74) is 0. The number of aliphatic imine (C=N–C) groups is 1. The standard InChI is InChI=1S/C16H32N4S.HI/c1-13-6-4-5-10-20(13)11-9-18-16(17-2)19-14-7-8-15(12-14)21-3;/h13-15H,4-12H2,1-3H3,(H2,17,18,19);1H. The highest BCUT2D eigenvalue weighted by molar-refractivity contribution is 14.0. The summed E-state index contributed by atoms with van der Waals surface area (Å²) < 4.78 is 0. The van der Waals surface area contributed by atoms with Crippen molar-refractivity contribution in [2.45, 2.75) is 62.8 Å². The van der Waals surface area contributed by atoms with Gasteiger partial charge >= 0.3 is 0 Å². The number of rotatable bonds is 5. The minimum Gasteiger partial charge on any atom is -0.355 e. The van der Waals surface area contributed by atoms with Crippen LogP contribution < -0.4 is 10.6 Å². The topological polar surface area (TPSA) is 39.7 Å². The third-order valence-corrected chi connectivity index (χ3v) is 6.01. The van der Waals surface area contributed by atoms with Crippen molar-refractivity contribution in [3.63, 3.8) is 0 Å². The lowest BCUT2D eigenvalue weighted by Crippen LogP contribution is -2.47. The van der Waals surface area contributed by atoms with E-state index in [4.69, 9.17) is 0 Å². The van der Waals surface area contributed by atoms with Crippen LogP contribution >= 0.6 is 35.7 Å². The zero-order valence-corrected chi connectivity index (χ0v) is 17.5. The van der Waals surface area contributed by atoms with Crippen LogP contribution in [0.15, 0.2) is 4.99 Å². The summed E-state index contributed by atoms with van der Waals surface area (Å²) in [6.45, 7) is 5.73. The van der Waals surface area contributed by atoms with E-state index in [1.807, 2.05) is 18.8 Å². The molecule has 3 atom stereocenters. The van der Waals surface area contributed by atoms with E-state index in [1.165, 1.54) is 45.1 Å². The summed E-state index contributed by atoms with van der Waals surface area (Å²) >= 11 is 2.00. The summed E-state index contributed by atoms with van der Waals surface area (Å²) in [6, 6.07) is 1.34. The highest BCUT2D eigenvalue weighted by Crippen LogP contribution is 2.27. The van der Waals surface area contributed by atoms with Gasteiger partial charge in [0.1, 0.15) is 0 Å². The highest BCUT2D eigenvalue weighted by atomic mass is 127. The molecule has 1 saturated carbocycles. The van der Waals surface area contributed by atoms with Crippen LogP contribution in [0.5, 0.6) is 0 Å². The molecule has 0 spiro atoms. The van der Waals surface area contributed by atoms with Gasteiger partial charge in [0.25, 0.3) is 0 Å². The molecule has 0 bridgehead atoms. The second-order valence-corrected chi connectivity index (χ2v) is 7.53. The summed E-state index contributed by atoms with van der Waals surface area (Å²) in [5.74, 6) is 0.978. The van der Waals surface area contributed by atoms with Crippen molar-refractivity contribution in [3.8, 4) is 0 Å². The molecule has 1 aliphatic heterocycles. The Balaban J connectivity index is 0.00000242. The molecule has 2 rings (SSSR count). The lowest BCUT2D eigenvalue weighted by atomic mass is 10.0. The molecule has 1 saturated heterocycles. The van der Waals surface area contributed by atoms with Crippen molar-refractivity contribution in [2.75, 3.05) is 32.9 Å². The lowest BCUT2D eigenvalue weighted by Gasteiger charge is -2.33. The molecule has 2 aliphatic rings. The first-order valence-electron chi connectivity index (χ1n) is 8.47. The molecule has 0 aromatic heterocycles. The zero-order chi connectivity index (χ0) is 15.1. The van der Waals surface area contributed by atoms with Gasteiger partial charge in [0.05, 0.1) is 0 Å². The fraction of sp³-hybridized carbons (Fsp3) is 0.938. The summed E-state index contributed by atoms with van der Waals surface area (Å²) in [4.78, 5) is 6.97. The Hall–Kier alpha value is 0.310. The fourth-order valence-corrected chi connectivity index (χ4v) is 4.28. The second-order valence-electron chi connectivity index (χ2n) is 6.39. The molecule has 130 valence electrons. The van der Waals surface area contributed by atoms with E-state index >= 15 is 0 Å². The van der Waals surface area contributed by atoms with E-state index < -0.39 is 0 Å². The molecule has 3 unspecified atom stereocenters. The monoisotopic (exact) mass is 440 g/mol. The molecular formula is C16H33IN4S. The van der Waals surface area contributed by atoms with Gasteiger partial charge in [0, 0.05) is 37.5 Å². The van der Waals surface area contributed by atoms with Crippen LogP contribution in [0.4, 0.5) is 0 Å². The number of nitrogens with zero attached hydrogens (tertiary/aromatic N) is 2. The van der Waals surface area contributed by atoms with Crippen LogP contribution in [-0.2, 0) is 0 Å². The van der Waals surface area contributed by atoms with E-state index in [2.05, 4.69) is 33.7 Å². The van der Waals surface area contributed by atoms with Crippen molar-refractivity contribution in [3.05, 3.63) is 0 Å². The molecule has 0 radical (unpaired) electrons.